The summed E-state index contributed by atoms with van der Waals surface area (Å²) in [5, 5.41) is 31.7. The van der Waals surface area contributed by atoms with Crippen molar-refractivity contribution < 1.29 is 10.2 Å². The zero-order chi connectivity index (χ0) is 17.4. The number of phenolic OH excluding ortho intramolecular Hbond substituents is 2. The van der Waals surface area contributed by atoms with Crippen molar-refractivity contribution in [1.29, 1.82) is 0 Å². The van der Waals surface area contributed by atoms with Crippen LogP contribution in [-0.2, 0) is 0 Å². The Kier molecular flexibility index (Phi) is 3.42. The minimum absolute atomic E-state index is 0.0235. The van der Waals surface area contributed by atoms with Crippen LogP contribution in [0.2, 0.25) is 0 Å². The van der Waals surface area contributed by atoms with E-state index in [1.165, 1.54) is 12.3 Å². The fraction of sp³-hybridized carbons (Fsp3) is 0.0588. The Balaban J connectivity index is 1.71. The van der Waals surface area contributed by atoms with Gasteiger partial charge < -0.3 is 10.2 Å². The summed E-state index contributed by atoms with van der Waals surface area (Å²) in [6.07, 6.45) is 3.06. The highest BCUT2D eigenvalue weighted by molar-refractivity contribution is 5.86. The lowest BCUT2D eigenvalue weighted by Crippen LogP contribution is -2.00. The van der Waals surface area contributed by atoms with Gasteiger partial charge in [-0.2, -0.15) is 5.10 Å². The van der Waals surface area contributed by atoms with Gasteiger partial charge in [-0.15, -0.1) is 10.2 Å². The number of phenols is 2. The molecule has 0 aliphatic rings. The Bertz CT molecular complexity index is 1120. The van der Waals surface area contributed by atoms with Crippen molar-refractivity contribution in [2.75, 3.05) is 5.43 Å². The lowest BCUT2D eigenvalue weighted by atomic mass is 10.1. The molecule has 4 rings (SSSR count). The highest BCUT2D eigenvalue weighted by atomic mass is 16.3. The van der Waals surface area contributed by atoms with Crippen molar-refractivity contribution in [3.05, 3.63) is 53.9 Å². The van der Waals surface area contributed by atoms with Gasteiger partial charge in [-0.05, 0) is 31.2 Å². The lowest BCUT2D eigenvalue weighted by molar-refractivity contribution is 0.443. The summed E-state index contributed by atoms with van der Waals surface area (Å²) in [6, 6.07) is 10.7. The molecular formula is C17H14N6O2. The second-order valence-corrected chi connectivity index (χ2v) is 5.49. The predicted molar refractivity (Wildman–Crippen MR) is 94.0 cm³/mol. The van der Waals surface area contributed by atoms with Gasteiger partial charge in [0.25, 0.3) is 0 Å². The van der Waals surface area contributed by atoms with E-state index in [1.54, 1.807) is 19.3 Å². The predicted octanol–water partition coefficient (Wildman–Crippen LogP) is 2.44. The average molecular weight is 334 g/mol. The molecule has 0 atom stereocenters. The highest BCUT2D eigenvalue weighted by Crippen LogP contribution is 2.28. The number of fused-ring (bicyclic) bond motifs is 3. The number of rotatable bonds is 3. The third-order valence-electron chi connectivity index (χ3n) is 3.94. The lowest BCUT2D eigenvalue weighted by Gasteiger charge is -2.06. The van der Waals surface area contributed by atoms with E-state index in [2.05, 4.69) is 25.7 Å². The molecule has 2 aromatic heterocycles. The molecule has 0 saturated carbocycles. The normalized spacial score (nSPS) is 11.6. The number of aromatic hydroxyl groups is 2. The molecule has 0 radical (unpaired) electrons. The van der Waals surface area contributed by atoms with Crippen molar-refractivity contribution in [3.8, 4) is 11.5 Å². The SMILES string of the molecule is Cc1c(O)ccc(C=NNc2nc3ccccc3n3cnnc23)c1O. The number of para-hydroxylation sites is 2. The summed E-state index contributed by atoms with van der Waals surface area (Å²) in [6.45, 7) is 1.63. The molecule has 2 heterocycles. The zero-order valence-corrected chi connectivity index (χ0v) is 13.2. The quantitative estimate of drug-likeness (QED) is 0.392. The number of anilines is 1. The summed E-state index contributed by atoms with van der Waals surface area (Å²) >= 11 is 0. The molecule has 0 unspecified atom stereocenters. The monoisotopic (exact) mass is 334 g/mol. The van der Waals surface area contributed by atoms with Crippen LogP contribution >= 0.6 is 0 Å². The van der Waals surface area contributed by atoms with Crippen molar-refractivity contribution >= 4 is 28.7 Å². The van der Waals surface area contributed by atoms with Gasteiger partial charge >= 0.3 is 0 Å². The summed E-state index contributed by atoms with van der Waals surface area (Å²) < 4.78 is 1.82. The Morgan fingerprint density at radius 3 is 2.88 bits per heavy atom. The minimum Gasteiger partial charge on any atom is -0.508 e. The largest absolute Gasteiger partial charge is 0.508 e. The molecule has 0 saturated heterocycles. The van der Waals surface area contributed by atoms with E-state index in [4.69, 9.17) is 0 Å². The number of hydrogen-bond donors (Lipinski definition) is 3. The third kappa shape index (κ3) is 2.49. The molecule has 0 fully saturated rings. The number of aromatic nitrogens is 4. The van der Waals surface area contributed by atoms with Crippen LogP contribution in [-0.4, -0.2) is 36.0 Å². The van der Waals surface area contributed by atoms with Crippen LogP contribution in [0.3, 0.4) is 0 Å². The van der Waals surface area contributed by atoms with Crippen LogP contribution < -0.4 is 5.43 Å². The number of nitrogens with zero attached hydrogens (tertiary/aromatic N) is 5. The van der Waals surface area contributed by atoms with Crippen LogP contribution in [0.5, 0.6) is 11.5 Å². The first-order chi connectivity index (χ1) is 12.1. The molecule has 0 aliphatic heterocycles. The Morgan fingerprint density at radius 1 is 1.16 bits per heavy atom. The highest BCUT2D eigenvalue weighted by Gasteiger charge is 2.10. The molecule has 0 bridgehead atoms. The van der Waals surface area contributed by atoms with Gasteiger partial charge in [0.1, 0.15) is 17.8 Å². The van der Waals surface area contributed by atoms with E-state index in [0.29, 0.717) is 22.6 Å². The fourth-order valence-corrected chi connectivity index (χ4v) is 2.56. The van der Waals surface area contributed by atoms with Gasteiger partial charge in [-0.25, -0.2) is 4.98 Å². The van der Waals surface area contributed by atoms with Crippen molar-refractivity contribution in [3.63, 3.8) is 0 Å². The Morgan fingerprint density at radius 2 is 2.00 bits per heavy atom. The molecule has 0 amide bonds. The van der Waals surface area contributed by atoms with Crippen LogP contribution in [0.1, 0.15) is 11.1 Å². The molecule has 124 valence electrons. The molecule has 3 N–H and O–H groups in total. The van der Waals surface area contributed by atoms with E-state index in [-0.39, 0.29) is 11.5 Å². The first-order valence-corrected chi connectivity index (χ1v) is 7.54. The van der Waals surface area contributed by atoms with E-state index in [0.717, 1.165) is 11.0 Å². The van der Waals surface area contributed by atoms with Gasteiger partial charge in [0.05, 0.1) is 17.2 Å². The van der Waals surface area contributed by atoms with E-state index in [1.807, 2.05) is 28.7 Å². The summed E-state index contributed by atoms with van der Waals surface area (Å²) in [5.41, 5.74) is 5.92. The van der Waals surface area contributed by atoms with E-state index >= 15 is 0 Å². The first-order valence-electron chi connectivity index (χ1n) is 7.54. The first kappa shape index (κ1) is 14.9. The molecule has 25 heavy (non-hydrogen) atoms. The van der Waals surface area contributed by atoms with Gasteiger partial charge in [-0.1, -0.05) is 12.1 Å². The average Bonchev–Trinajstić information content (AvgIpc) is 3.12. The number of nitrogens with one attached hydrogen (secondary N) is 1. The Labute approximate surface area is 142 Å². The summed E-state index contributed by atoms with van der Waals surface area (Å²) in [5.74, 6) is 0.455. The summed E-state index contributed by atoms with van der Waals surface area (Å²) in [7, 11) is 0. The minimum atomic E-state index is -0.0235. The molecule has 8 heteroatoms. The molecule has 2 aromatic carbocycles. The van der Waals surface area contributed by atoms with Gasteiger partial charge in [0.15, 0.2) is 5.82 Å². The maximum Gasteiger partial charge on any atom is 0.205 e. The molecule has 4 aromatic rings. The second-order valence-electron chi connectivity index (χ2n) is 5.49. The smallest absolute Gasteiger partial charge is 0.205 e. The number of benzene rings is 2. The molecular weight excluding hydrogens is 320 g/mol. The molecule has 0 aliphatic carbocycles. The van der Waals surface area contributed by atoms with Gasteiger partial charge in [0, 0.05) is 11.1 Å². The van der Waals surface area contributed by atoms with Crippen LogP contribution in [0.25, 0.3) is 16.7 Å². The van der Waals surface area contributed by atoms with E-state index in [9.17, 15) is 10.2 Å². The van der Waals surface area contributed by atoms with Crippen LogP contribution in [0.4, 0.5) is 5.82 Å². The molecule has 0 spiro atoms. The topological polar surface area (TPSA) is 108 Å². The van der Waals surface area contributed by atoms with E-state index < -0.39 is 0 Å². The van der Waals surface area contributed by atoms with Gasteiger partial charge in [0.2, 0.25) is 5.65 Å². The van der Waals surface area contributed by atoms with Crippen LogP contribution in [0, 0.1) is 6.92 Å². The maximum atomic E-state index is 10.0. The zero-order valence-electron chi connectivity index (χ0n) is 13.2. The van der Waals surface area contributed by atoms with Crippen molar-refractivity contribution in [2.45, 2.75) is 6.92 Å². The van der Waals surface area contributed by atoms with Crippen molar-refractivity contribution in [2.24, 2.45) is 5.10 Å². The van der Waals surface area contributed by atoms with Gasteiger partial charge in [-0.3, -0.25) is 9.83 Å². The second kappa shape index (κ2) is 5.75. The van der Waals surface area contributed by atoms with Crippen LogP contribution in [0.15, 0.2) is 47.8 Å². The summed E-state index contributed by atoms with van der Waals surface area (Å²) in [4.78, 5) is 4.51. The number of hydrogen-bond acceptors (Lipinski definition) is 7. The third-order valence-corrected chi connectivity index (χ3v) is 3.94. The number of hydrazone groups is 1. The standard InChI is InChI=1S/C17H14N6O2/c1-10-14(24)7-6-11(15(10)25)8-18-21-16-17-22-19-9-23(17)13-5-3-2-4-12(13)20-16/h2-9,24-25H,1H3,(H,20,21). The fourth-order valence-electron chi connectivity index (χ4n) is 2.56. The van der Waals surface area contributed by atoms with Crippen molar-refractivity contribution in [1.82, 2.24) is 19.6 Å². The molecule has 8 nitrogen and oxygen atoms in total. The maximum absolute atomic E-state index is 10.0. The Hall–Kier alpha value is -3.68.